The summed E-state index contributed by atoms with van der Waals surface area (Å²) in [7, 11) is 0. The molecule has 0 saturated heterocycles. The number of hydrogen-bond acceptors (Lipinski definition) is 2. The molecule has 0 saturated carbocycles. The minimum atomic E-state index is -0.931. The van der Waals surface area contributed by atoms with Gasteiger partial charge in [0.2, 0.25) is 0 Å². The highest BCUT2D eigenvalue weighted by molar-refractivity contribution is 5.79. The van der Waals surface area contributed by atoms with Crippen LogP contribution in [0.5, 0.6) is 0 Å². The molecule has 0 spiro atoms. The quantitative estimate of drug-likeness (QED) is 0.598. The summed E-state index contributed by atoms with van der Waals surface area (Å²) in [6.45, 7) is 2.01. The van der Waals surface area contributed by atoms with Crippen LogP contribution in [0.15, 0.2) is 12.2 Å². The van der Waals surface area contributed by atoms with Crippen molar-refractivity contribution in [1.82, 2.24) is 0 Å². The molecule has 0 amide bonds. The lowest BCUT2D eigenvalue weighted by Gasteiger charge is -2.05. The Balaban J connectivity index is 3.36. The van der Waals surface area contributed by atoms with Crippen molar-refractivity contribution in [3.8, 4) is 0 Å². The van der Waals surface area contributed by atoms with E-state index in [-0.39, 0.29) is 6.10 Å². The Hall–Kier alpha value is -0.830. The van der Waals surface area contributed by atoms with Crippen LogP contribution in [0.1, 0.15) is 32.6 Å². The van der Waals surface area contributed by atoms with Crippen molar-refractivity contribution in [3.63, 3.8) is 0 Å². The number of carboxylic acid groups (broad SMARTS) is 1. The molecule has 2 N–H and O–H groups in total. The zero-order valence-corrected chi connectivity index (χ0v) is 7.36. The van der Waals surface area contributed by atoms with Crippen molar-refractivity contribution < 1.29 is 15.0 Å². The van der Waals surface area contributed by atoms with E-state index in [0.29, 0.717) is 12.8 Å². The molecule has 12 heavy (non-hydrogen) atoms. The molecule has 0 aliphatic heterocycles. The van der Waals surface area contributed by atoms with Gasteiger partial charge in [-0.1, -0.05) is 19.4 Å². The second-order valence-corrected chi connectivity index (χ2v) is 2.76. The van der Waals surface area contributed by atoms with Crippen molar-refractivity contribution in [3.05, 3.63) is 12.2 Å². The third-order valence-electron chi connectivity index (χ3n) is 1.55. The van der Waals surface area contributed by atoms with Gasteiger partial charge in [0.15, 0.2) is 0 Å². The molecule has 0 rings (SSSR count). The predicted octanol–water partition coefficient (Wildman–Crippen LogP) is 1.57. The van der Waals surface area contributed by atoms with Crippen LogP contribution < -0.4 is 0 Å². The van der Waals surface area contributed by atoms with Crippen molar-refractivity contribution in [1.29, 1.82) is 0 Å². The maximum absolute atomic E-state index is 10.0. The monoisotopic (exact) mass is 172 g/mol. The van der Waals surface area contributed by atoms with Crippen molar-refractivity contribution >= 4 is 5.97 Å². The Bertz CT molecular complexity index is 152. The molecule has 0 aromatic carbocycles. The highest BCUT2D eigenvalue weighted by Gasteiger charge is 1.99. The molecule has 0 aliphatic carbocycles. The first-order valence-electron chi connectivity index (χ1n) is 4.24. The molecular weight excluding hydrogens is 156 g/mol. The van der Waals surface area contributed by atoms with E-state index in [0.717, 1.165) is 18.9 Å². The number of carboxylic acids is 1. The van der Waals surface area contributed by atoms with E-state index in [1.54, 1.807) is 6.08 Å². The molecular formula is C9H16O3. The Morgan fingerprint density at radius 2 is 2.17 bits per heavy atom. The first kappa shape index (κ1) is 11.2. The number of aliphatic carboxylic acids is 1. The van der Waals surface area contributed by atoms with Gasteiger partial charge in [-0.15, -0.1) is 0 Å². The van der Waals surface area contributed by atoms with Gasteiger partial charge in [-0.3, -0.25) is 0 Å². The fraction of sp³-hybridized carbons (Fsp3) is 0.667. The number of aliphatic hydroxyl groups excluding tert-OH is 1. The minimum Gasteiger partial charge on any atom is -0.478 e. The summed E-state index contributed by atoms with van der Waals surface area (Å²) in [5.74, 6) is -0.931. The second-order valence-electron chi connectivity index (χ2n) is 2.76. The van der Waals surface area contributed by atoms with Gasteiger partial charge in [0.1, 0.15) is 0 Å². The summed E-state index contributed by atoms with van der Waals surface area (Å²) in [4.78, 5) is 10.0. The fourth-order valence-electron chi connectivity index (χ4n) is 0.950. The SMILES string of the molecule is CCCC(O)CC/C=C/C(=O)O. The van der Waals surface area contributed by atoms with Crippen LogP contribution in [0.4, 0.5) is 0 Å². The Labute approximate surface area is 72.7 Å². The number of carbonyl (C=O) groups is 1. The van der Waals surface area contributed by atoms with E-state index in [1.165, 1.54) is 0 Å². The average Bonchev–Trinajstić information content (AvgIpc) is 1.98. The van der Waals surface area contributed by atoms with E-state index in [4.69, 9.17) is 5.11 Å². The summed E-state index contributed by atoms with van der Waals surface area (Å²) in [6, 6.07) is 0. The topological polar surface area (TPSA) is 57.5 Å². The van der Waals surface area contributed by atoms with Crippen LogP contribution in [0.3, 0.4) is 0 Å². The van der Waals surface area contributed by atoms with Gasteiger partial charge in [-0.2, -0.15) is 0 Å². The molecule has 1 atom stereocenters. The summed E-state index contributed by atoms with van der Waals surface area (Å²) in [6.07, 6.45) is 5.43. The zero-order valence-electron chi connectivity index (χ0n) is 7.36. The van der Waals surface area contributed by atoms with Crippen LogP contribution in [0.25, 0.3) is 0 Å². The Morgan fingerprint density at radius 1 is 1.50 bits per heavy atom. The zero-order chi connectivity index (χ0) is 9.40. The largest absolute Gasteiger partial charge is 0.478 e. The molecule has 0 heterocycles. The van der Waals surface area contributed by atoms with Gasteiger partial charge in [0.25, 0.3) is 0 Å². The third-order valence-corrected chi connectivity index (χ3v) is 1.55. The summed E-state index contributed by atoms with van der Waals surface area (Å²) in [5, 5.41) is 17.5. The molecule has 70 valence electrons. The average molecular weight is 172 g/mol. The summed E-state index contributed by atoms with van der Waals surface area (Å²) < 4.78 is 0. The highest BCUT2D eigenvalue weighted by atomic mass is 16.4. The standard InChI is InChI=1S/C9H16O3/c1-2-5-8(10)6-3-4-7-9(11)12/h4,7-8,10H,2-3,5-6H2,1H3,(H,11,12)/b7-4+. The maximum Gasteiger partial charge on any atom is 0.327 e. The molecule has 0 bridgehead atoms. The normalized spacial score (nSPS) is 13.5. The van der Waals surface area contributed by atoms with Gasteiger partial charge in [0, 0.05) is 6.08 Å². The van der Waals surface area contributed by atoms with Gasteiger partial charge >= 0.3 is 5.97 Å². The third kappa shape index (κ3) is 7.28. The van der Waals surface area contributed by atoms with E-state index in [1.807, 2.05) is 6.92 Å². The first-order chi connectivity index (χ1) is 5.66. The first-order valence-corrected chi connectivity index (χ1v) is 4.24. The number of aliphatic hydroxyl groups is 1. The molecule has 3 nitrogen and oxygen atoms in total. The van der Waals surface area contributed by atoms with Crippen molar-refractivity contribution in [2.75, 3.05) is 0 Å². The fourth-order valence-corrected chi connectivity index (χ4v) is 0.950. The maximum atomic E-state index is 10.0. The molecule has 0 fully saturated rings. The van der Waals surface area contributed by atoms with Crippen LogP contribution in [-0.4, -0.2) is 22.3 Å². The van der Waals surface area contributed by atoms with Gasteiger partial charge in [-0.25, -0.2) is 4.79 Å². The lowest BCUT2D eigenvalue weighted by Crippen LogP contribution is -2.04. The molecule has 0 aliphatic rings. The highest BCUT2D eigenvalue weighted by Crippen LogP contribution is 2.04. The lowest BCUT2D eigenvalue weighted by molar-refractivity contribution is -0.131. The van der Waals surface area contributed by atoms with Crippen LogP contribution in [-0.2, 0) is 4.79 Å². The number of rotatable bonds is 6. The Kier molecular flexibility index (Phi) is 6.38. The molecule has 0 radical (unpaired) electrons. The second kappa shape index (κ2) is 6.85. The number of allylic oxidation sites excluding steroid dienone is 1. The predicted molar refractivity (Wildman–Crippen MR) is 46.9 cm³/mol. The minimum absolute atomic E-state index is 0.284. The van der Waals surface area contributed by atoms with E-state index in [2.05, 4.69) is 0 Å². The van der Waals surface area contributed by atoms with Crippen molar-refractivity contribution in [2.45, 2.75) is 38.7 Å². The van der Waals surface area contributed by atoms with E-state index >= 15 is 0 Å². The molecule has 3 heteroatoms. The molecule has 1 unspecified atom stereocenters. The molecule has 0 aromatic heterocycles. The van der Waals surface area contributed by atoms with Crippen LogP contribution >= 0.6 is 0 Å². The van der Waals surface area contributed by atoms with Gasteiger partial charge in [0.05, 0.1) is 6.10 Å². The molecule has 0 aromatic rings. The summed E-state index contributed by atoms with van der Waals surface area (Å²) >= 11 is 0. The Morgan fingerprint density at radius 3 is 2.67 bits per heavy atom. The van der Waals surface area contributed by atoms with Crippen LogP contribution in [0, 0.1) is 0 Å². The van der Waals surface area contributed by atoms with Gasteiger partial charge in [-0.05, 0) is 19.3 Å². The summed E-state index contributed by atoms with van der Waals surface area (Å²) in [5.41, 5.74) is 0. The van der Waals surface area contributed by atoms with E-state index in [9.17, 15) is 9.90 Å². The van der Waals surface area contributed by atoms with Gasteiger partial charge < -0.3 is 10.2 Å². The van der Waals surface area contributed by atoms with Crippen molar-refractivity contribution in [2.24, 2.45) is 0 Å². The lowest BCUT2D eigenvalue weighted by atomic mass is 10.1. The van der Waals surface area contributed by atoms with E-state index < -0.39 is 5.97 Å². The smallest absolute Gasteiger partial charge is 0.327 e. The van der Waals surface area contributed by atoms with Crippen LogP contribution in [0.2, 0.25) is 0 Å². The number of hydrogen-bond donors (Lipinski definition) is 2.